The van der Waals surface area contributed by atoms with Gasteiger partial charge >= 0.3 is 0 Å². The zero-order valence-electron chi connectivity index (χ0n) is 9.49. The van der Waals surface area contributed by atoms with E-state index < -0.39 is 5.92 Å². The van der Waals surface area contributed by atoms with E-state index in [0.717, 1.165) is 18.5 Å². The lowest BCUT2D eigenvalue weighted by Gasteiger charge is -2.20. The Kier molecular flexibility index (Phi) is 2.77. The van der Waals surface area contributed by atoms with Gasteiger partial charge in [0.25, 0.3) is 5.91 Å². The van der Waals surface area contributed by atoms with E-state index in [2.05, 4.69) is 10.4 Å². The van der Waals surface area contributed by atoms with Gasteiger partial charge < -0.3 is 5.32 Å². The molecule has 0 spiro atoms. The zero-order chi connectivity index (χ0) is 11.7. The highest BCUT2D eigenvalue weighted by Gasteiger charge is 2.33. The van der Waals surface area contributed by atoms with Gasteiger partial charge in [0, 0.05) is 6.07 Å². The summed E-state index contributed by atoms with van der Waals surface area (Å²) in [7, 11) is 0. The van der Waals surface area contributed by atoms with Crippen molar-refractivity contribution < 1.29 is 9.59 Å². The third kappa shape index (κ3) is 1.62. The Morgan fingerprint density at radius 3 is 2.81 bits per heavy atom. The van der Waals surface area contributed by atoms with E-state index in [1.807, 2.05) is 13.8 Å². The van der Waals surface area contributed by atoms with E-state index >= 15 is 0 Å². The third-order valence-electron chi connectivity index (χ3n) is 2.75. The summed E-state index contributed by atoms with van der Waals surface area (Å²) in [4.78, 5) is 23.5. The van der Waals surface area contributed by atoms with E-state index in [0.29, 0.717) is 12.2 Å². The van der Waals surface area contributed by atoms with Crippen LogP contribution < -0.4 is 5.32 Å². The van der Waals surface area contributed by atoms with Crippen molar-refractivity contribution in [3.05, 3.63) is 11.8 Å². The van der Waals surface area contributed by atoms with Crippen molar-refractivity contribution in [2.75, 3.05) is 5.32 Å². The number of nitrogens with zero attached hydrogens (tertiary/aromatic N) is 2. The molecule has 1 unspecified atom stereocenters. The molecule has 0 saturated carbocycles. The third-order valence-corrected chi connectivity index (χ3v) is 2.75. The zero-order valence-corrected chi connectivity index (χ0v) is 9.49. The summed E-state index contributed by atoms with van der Waals surface area (Å²) in [6.07, 6.45) is 2.29. The van der Waals surface area contributed by atoms with Crippen molar-refractivity contribution in [2.24, 2.45) is 5.92 Å². The second kappa shape index (κ2) is 4.08. The lowest BCUT2D eigenvalue weighted by molar-refractivity contribution is -0.119. The molecule has 1 aliphatic heterocycles. The first kappa shape index (κ1) is 10.9. The monoisotopic (exact) mass is 221 g/mol. The van der Waals surface area contributed by atoms with Gasteiger partial charge in [-0.3, -0.25) is 9.59 Å². The van der Waals surface area contributed by atoms with E-state index in [9.17, 15) is 9.59 Å². The number of nitrogens with one attached hydrogen (secondary N) is 1. The van der Waals surface area contributed by atoms with Crippen molar-refractivity contribution in [2.45, 2.75) is 33.1 Å². The highest BCUT2D eigenvalue weighted by atomic mass is 16.2. The Labute approximate surface area is 93.8 Å². The Bertz CT molecular complexity index is 436. The van der Waals surface area contributed by atoms with Gasteiger partial charge in [0.05, 0.1) is 5.69 Å². The fourth-order valence-electron chi connectivity index (χ4n) is 1.90. The minimum atomic E-state index is -0.595. The molecule has 1 N–H and O–H groups in total. The summed E-state index contributed by atoms with van der Waals surface area (Å²) in [6.45, 7) is 3.87. The molecule has 2 rings (SSSR count). The van der Waals surface area contributed by atoms with Gasteiger partial charge in [0.1, 0.15) is 11.7 Å². The van der Waals surface area contributed by atoms with Crippen LogP contribution in [0.2, 0.25) is 0 Å². The second-order valence-corrected chi connectivity index (χ2v) is 3.97. The van der Waals surface area contributed by atoms with Crippen molar-refractivity contribution >= 4 is 17.6 Å². The number of fused-ring (bicyclic) bond motifs is 1. The maximum Gasteiger partial charge on any atom is 0.261 e. The van der Waals surface area contributed by atoms with Crippen LogP contribution in [0.5, 0.6) is 0 Å². The standard InChI is InChI=1S/C11H15N3O2/c1-3-5-7-6-9-12-10(15)8(4-2)11(16)14(9)13-7/h6,8H,3-5H2,1-2H3,(H,12,15). The first-order valence-corrected chi connectivity index (χ1v) is 5.61. The molecule has 5 heteroatoms. The molecule has 0 aromatic carbocycles. The van der Waals surface area contributed by atoms with Crippen LogP contribution in [0, 0.1) is 5.92 Å². The molecule has 0 bridgehead atoms. The fraction of sp³-hybridized carbons (Fsp3) is 0.545. The summed E-state index contributed by atoms with van der Waals surface area (Å²) in [5, 5.41) is 6.92. The maximum atomic E-state index is 11.9. The van der Waals surface area contributed by atoms with Gasteiger partial charge in [-0.15, -0.1) is 0 Å². The molecule has 0 saturated heterocycles. The second-order valence-electron chi connectivity index (χ2n) is 3.97. The Balaban J connectivity index is 2.36. The van der Waals surface area contributed by atoms with Gasteiger partial charge in [-0.05, 0) is 12.8 Å². The molecule has 1 atom stereocenters. The number of carbonyl (C=O) groups is 2. The summed E-state index contributed by atoms with van der Waals surface area (Å²) in [5.74, 6) is -0.531. The molecule has 1 aromatic rings. The fourth-order valence-corrected chi connectivity index (χ4v) is 1.90. The molecular weight excluding hydrogens is 206 g/mol. The number of carbonyl (C=O) groups excluding carboxylic acids is 2. The Morgan fingerprint density at radius 2 is 2.19 bits per heavy atom. The topological polar surface area (TPSA) is 64.0 Å². The quantitative estimate of drug-likeness (QED) is 0.786. The number of rotatable bonds is 3. The van der Waals surface area contributed by atoms with Crippen molar-refractivity contribution in [3.63, 3.8) is 0 Å². The Morgan fingerprint density at radius 1 is 1.44 bits per heavy atom. The number of hydrogen-bond donors (Lipinski definition) is 1. The normalized spacial score (nSPS) is 19.5. The number of hydrogen-bond acceptors (Lipinski definition) is 3. The van der Waals surface area contributed by atoms with Crippen molar-refractivity contribution in [1.82, 2.24) is 9.78 Å². The van der Waals surface area contributed by atoms with Crippen LogP contribution in [0.4, 0.5) is 5.82 Å². The molecule has 16 heavy (non-hydrogen) atoms. The molecule has 86 valence electrons. The average Bonchev–Trinajstić information content (AvgIpc) is 2.62. The molecule has 1 amide bonds. The smallest absolute Gasteiger partial charge is 0.261 e. The van der Waals surface area contributed by atoms with Crippen LogP contribution in [-0.2, 0) is 11.2 Å². The van der Waals surface area contributed by atoms with Crippen LogP contribution in [0.3, 0.4) is 0 Å². The minimum absolute atomic E-state index is 0.219. The van der Waals surface area contributed by atoms with E-state index in [4.69, 9.17) is 0 Å². The molecule has 5 nitrogen and oxygen atoms in total. The van der Waals surface area contributed by atoms with E-state index in [1.165, 1.54) is 4.68 Å². The molecule has 0 aliphatic carbocycles. The molecule has 0 fully saturated rings. The van der Waals surface area contributed by atoms with Gasteiger partial charge in [0.15, 0.2) is 0 Å². The lowest BCUT2D eigenvalue weighted by Crippen LogP contribution is -2.39. The average molecular weight is 221 g/mol. The first-order chi connectivity index (χ1) is 7.67. The largest absolute Gasteiger partial charge is 0.310 e. The van der Waals surface area contributed by atoms with Crippen molar-refractivity contribution in [3.8, 4) is 0 Å². The van der Waals surface area contributed by atoms with Gasteiger partial charge in [-0.25, -0.2) is 0 Å². The number of aryl methyl sites for hydroxylation is 1. The maximum absolute atomic E-state index is 11.9. The number of aromatic nitrogens is 2. The summed E-state index contributed by atoms with van der Waals surface area (Å²) < 4.78 is 1.32. The molecule has 0 radical (unpaired) electrons. The molecule has 1 aromatic heterocycles. The minimum Gasteiger partial charge on any atom is -0.310 e. The molecule has 2 heterocycles. The van der Waals surface area contributed by atoms with Crippen LogP contribution in [-0.4, -0.2) is 21.6 Å². The van der Waals surface area contributed by atoms with Crippen LogP contribution in [0.25, 0.3) is 0 Å². The predicted octanol–water partition coefficient (Wildman–Crippen LogP) is 1.45. The number of amides is 1. The molecule has 1 aliphatic rings. The highest BCUT2D eigenvalue weighted by Crippen LogP contribution is 2.21. The first-order valence-electron chi connectivity index (χ1n) is 5.61. The van der Waals surface area contributed by atoms with Gasteiger partial charge in [0.2, 0.25) is 5.91 Å². The van der Waals surface area contributed by atoms with E-state index in [1.54, 1.807) is 6.07 Å². The Hall–Kier alpha value is -1.65. The van der Waals surface area contributed by atoms with Crippen LogP contribution in [0.1, 0.15) is 37.2 Å². The lowest BCUT2D eigenvalue weighted by atomic mass is 10.0. The number of anilines is 1. The summed E-state index contributed by atoms with van der Waals surface area (Å²) >= 11 is 0. The van der Waals surface area contributed by atoms with Gasteiger partial charge in [-0.1, -0.05) is 20.3 Å². The summed E-state index contributed by atoms with van der Waals surface area (Å²) in [5.41, 5.74) is 0.850. The SMILES string of the molecule is CCCc1cc2n(n1)C(=O)C(CC)C(=O)N2. The van der Waals surface area contributed by atoms with Crippen LogP contribution >= 0.6 is 0 Å². The van der Waals surface area contributed by atoms with Gasteiger partial charge in [-0.2, -0.15) is 9.78 Å². The van der Waals surface area contributed by atoms with Crippen LogP contribution in [0.15, 0.2) is 6.07 Å². The van der Waals surface area contributed by atoms with E-state index in [-0.39, 0.29) is 11.8 Å². The highest BCUT2D eigenvalue weighted by molar-refractivity contribution is 6.11. The van der Waals surface area contributed by atoms with Crippen molar-refractivity contribution in [1.29, 1.82) is 0 Å². The predicted molar refractivity (Wildman–Crippen MR) is 59.3 cm³/mol. The molecular formula is C11H15N3O2. The summed E-state index contributed by atoms with van der Waals surface area (Å²) in [6, 6.07) is 1.77.